The Labute approximate surface area is 93.6 Å². The molecule has 0 fully saturated rings. The first-order valence-electron chi connectivity index (χ1n) is 4.77. The molecule has 4 nitrogen and oxygen atoms in total. The minimum absolute atomic E-state index is 0.0188. The van der Waals surface area contributed by atoms with Crippen molar-refractivity contribution < 1.29 is 9.53 Å². The molecule has 0 atom stereocenters. The fraction of sp³-hybridized carbons (Fsp3) is 0.500. The van der Waals surface area contributed by atoms with Crippen LogP contribution in [0.1, 0.15) is 5.56 Å². The Morgan fingerprint density at radius 3 is 3.07 bits per heavy atom. The van der Waals surface area contributed by atoms with Crippen LogP contribution in [0, 0.1) is 0 Å². The Hall–Kier alpha value is -0.910. The predicted octanol–water partition coefficient (Wildman–Crippen LogP) is 0.682. The Balaban J connectivity index is 2.27. The van der Waals surface area contributed by atoms with E-state index >= 15 is 0 Å². The van der Waals surface area contributed by atoms with E-state index in [0.29, 0.717) is 19.7 Å². The van der Waals surface area contributed by atoms with Crippen molar-refractivity contribution in [2.45, 2.75) is 6.54 Å². The van der Waals surface area contributed by atoms with Crippen LogP contribution in [-0.2, 0) is 16.1 Å². The second kappa shape index (κ2) is 6.55. The Bertz CT molecular complexity index is 288. The van der Waals surface area contributed by atoms with Crippen LogP contribution in [0.3, 0.4) is 0 Å². The van der Waals surface area contributed by atoms with Crippen LogP contribution in [0.2, 0.25) is 0 Å². The maximum atomic E-state index is 11.5. The van der Waals surface area contributed by atoms with Gasteiger partial charge in [-0.25, -0.2) is 0 Å². The van der Waals surface area contributed by atoms with Crippen LogP contribution in [0.5, 0.6) is 0 Å². The smallest absolute Gasteiger partial charge is 0.248 e. The summed E-state index contributed by atoms with van der Waals surface area (Å²) < 4.78 is 5.07. The molecule has 0 saturated carbocycles. The van der Waals surface area contributed by atoms with Crippen LogP contribution in [0.4, 0.5) is 0 Å². The third kappa shape index (κ3) is 4.42. The van der Waals surface area contributed by atoms with E-state index in [1.54, 1.807) is 23.3 Å². The number of ether oxygens (including phenoxy) is 1. The summed E-state index contributed by atoms with van der Waals surface area (Å²) in [6.07, 6.45) is 0. The molecule has 1 rings (SSSR count). The van der Waals surface area contributed by atoms with Gasteiger partial charge in [0.1, 0.15) is 6.61 Å². The van der Waals surface area contributed by atoms with Gasteiger partial charge in [-0.1, -0.05) is 0 Å². The average molecular weight is 228 g/mol. The lowest BCUT2D eigenvalue weighted by Crippen LogP contribution is -2.30. The molecule has 0 aliphatic heterocycles. The lowest BCUT2D eigenvalue weighted by molar-refractivity contribution is -0.135. The normalized spacial score (nSPS) is 10.3. The van der Waals surface area contributed by atoms with Crippen molar-refractivity contribution in [2.24, 2.45) is 5.73 Å². The Morgan fingerprint density at radius 1 is 1.67 bits per heavy atom. The maximum absolute atomic E-state index is 11.5. The summed E-state index contributed by atoms with van der Waals surface area (Å²) in [7, 11) is 1.77. The molecule has 1 aromatic heterocycles. The summed E-state index contributed by atoms with van der Waals surface area (Å²) in [5, 5.41) is 4.03. The van der Waals surface area contributed by atoms with Gasteiger partial charge in [0.25, 0.3) is 0 Å². The molecule has 0 bridgehead atoms. The van der Waals surface area contributed by atoms with E-state index in [-0.39, 0.29) is 12.5 Å². The number of hydrogen-bond acceptors (Lipinski definition) is 4. The topological polar surface area (TPSA) is 55.6 Å². The molecular weight excluding hydrogens is 212 g/mol. The van der Waals surface area contributed by atoms with Crippen LogP contribution < -0.4 is 5.73 Å². The molecule has 0 aliphatic rings. The summed E-state index contributed by atoms with van der Waals surface area (Å²) in [5.74, 6) is -0.0188. The van der Waals surface area contributed by atoms with Crippen molar-refractivity contribution in [3.63, 3.8) is 0 Å². The number of thiophene rings is 1. The third-order valence-corrected chi connectivity index (χ3v) is 2.65. The maximum Gasteiger partial charge on any atom is 0.248 e. The summed E-state index contributed by atoms with van der Waals surface area (Å²) >= 11 is 1.63. The molecule has 0 radical (unpaired) electrons. The molecule has 1 amide bonds. The number of carbonyl (C=O) groups is 1. The van der Waals surface area contributed by atoms with Crippen molar-refractivity contribution in [3.8, 4) is 0 Å². The molecule has 2 N–H and O–H groups in total. The number of rotatable bonds is 6. The first-order chi connectivity index (χ1) is 7.24. The van der Waals surface area contributed by atoms with Gasteiger partial charge < -0.3 is 15.4 Å². The summed E-state index contributed by atoms with van der Waals surface area (Å²) in [4.78, 5) is 13.2. The van der Waals surface area contributed by atoms with Crippen LogP contribution in [0.15, 0.2) is 16.8 Å². The van der Waals surface area contributed by atoms with E-state index in [2.05, 4.69) is 0 Å². The first-order valence-corrected chi connectivity index (χ1v) is 5.71. The Kier molecular flexibility index (Phi) is 5.31. The van der Waals surface area contributed by atoms with Crippen molar-refractivity contribution in [2.75, 3.05) is 26.8 Å². The van der Waals surface area contributed by atoms with Gasteiger partial charge in [0.2, 0.25) is 5.91 Å². The SMILES string of the molecule is CN(Cc1ccsc1)C(=O)COCCN. The fourth-order valence-corrected chi connectivity index (χ4v) is 1.76. The lowest BCUT2D eigenvalue weighted by atomic mass is 10.3. The number of carbonyl (C=O) groups excluding carboxylic acids is 1. The second-order valence-electron chi connectivity index (χ2n) is 3.22. The van der Waals surface area contributed by atoms with Crippen LogP contribution in [-0.4, -0.2) is 37.6 Å². The van der Waals surface area contributed by atoms with Gasteiger partial charge in [-0.15, -0.1) is 0 Å². The minimum Gasteiger partial charge on any atom is -0.370 e. The van der Waals surface area contributed by atoms with Crippen molar-refractivity contribution >= 4 is 17.2 Å². The van der Waals surface area contributed by atoms with Crippen molar-refractivity contribution in [1.82, 2.24) is 4.90 Å². The summed E-state index contributed by atoms with van der Waals surface area (Å²) in [6, 6.07) is 2.01. The largest absolute Gasteiger partial charge is 0.370 e. The molecule has 1 heterocycles. The highest BCUT2D eigenvalue weighted by Crippen LogP contribution is 2.08. The summed E-state index contributed by atoms with van der Waals surface area (Å²) in [5.41, 5.74) is 6.40. The Morgan fingerprint density at radius 2 is 2.47 bits per heavy atom. The first kappa shape index (κ1) is 12.2. The molecule has 0 spiro atoms. The lowest BCUT2D eigenvalue weighted by Gasteiger charge is -2.16. The van der Waals surface area contributed by atoms with E-state index in [4.69, 9.17) is 10.5 Å². The number of amides is 1. The zero-order chi connectivity index (χ0) is 11.1. The monoisotopic (exact) mass is 228 g/mol. The highest BCUT2D eigenvalue weighted by molar-refractivity contribution is 7.07. The number of hydrogen-bond donors (Lipinski definition) is 1. The zero-order valence-electron chi connectivity index (χ0n) is 8.81. The molecule has 1 aromatic rings. The van der Waals surface area contributed by atoms with Gasteiger partial charge in [0.05, 0.1) is 6.61 Å². The molecular formula is C10H16N2O2S. The zero-order valence-corrected chi connectivity index (χ0v) is 9.63. The molecule has 15 heavy (non-hydrogen) atoms. The minimum atomic E-state index is -0.0188. The van der Waals surface area contributed by atoms with Gasteiger partial charge in [-0.05, 0) is 22.4 Å². The quantitative estimate of drug-likeness (QED) is 0.729. The van der Waals surface area contributed by atoms with E-state index in [1.807, 2.05) is 16.8 Å². The third-order valence-electron chi connectivity index (χ3n) is 1.91. The summed E-state index contributed by atoms with van der Waals surface area (Å²) in [6.45, 7) is 1.62. The number of likely N-dealkylation sites (N-methyl/N-ethyl adjacent to an activating group) is 1. The van der Waals surface area contributed by atoms with Gasteiger partial charge in [-0.2, -0.15) is 11.3 Å². The highest BCUT2D eigenvalue weighted by Gasteiger charge is 2.08. The van der Waals surface area contributed by atoms with E-state index < -0.39 is 0 Å². The van der Waals surface area contributed by atoms with E-state index in [9.17, 15) is 4.79 Å². The van der Waals surface area contributed by atoms with E-state index in [0.717, 1.165) is 5.56 Å². The van der Waals surface area contributed by atoms with Crippen molar-refractivity contribution in [3.05, 3.63) is 22.4 Å². The molecule has 0 saturated heterocycles. The standard InChI is InChI=1S/C10H16N2O2S/c1-12(6-9-2-5-15-8-9)10(13)7-14-4-3-11/h2,5,8H,3-4,6-7,11H2,1H3. The fourth-order valence-electron chi connectivity index (χ4n) is 1.10. The predicted molar refractivity (Wildman–Crippen MR) is 60.7 cm³/mol. The molecule has 0 aromatic carbocycles. The number of nitrogens with two attached hydrogens (primary N) is 1. The molecule has 5 heteroatoms. The highest BCUT2D eigenvalue weighted by atomic mass is 32.1. The van der Waals surface area contributed by atoms with Gasteiger partial charge in [0, 0.05) is 20.1 Å². The van der Waals surface area contributed by atoms with Crippen LogP contribution >= 0.6 is 11.3 Å². The average Bonchev–Trinajstić information content (AvgIpc) is 2.70. The van der Waals surface area contributed by atoms with Gasteiger partial charge >= 0.3 is 0 Å². The van der Waals surface area contributed by atoms with Gasteiger partial charge in [-0.3, -0.25) is 4.79 Å². The second-order valence-corrected chi connectivity index (χ2v) is 4.00. The number of nitrogens with zero attached hydrogens (tertiary/aromatic N) is 1. The van der Waals surface area contributed by atoms with Gasteiger partial charge in [0.15, 0.2) is 0 Å². The molecule has 0 aliphatic carbocycles. The van der Waals surface area contributed by atoms with Crippen molar-refractivity contribution in [1.29, 1.82) is 0 Å². The molecule has 84 valence electrons. The molecule has 0 unspecified atom stereocenters. The van der Waals surface area contributed by atoms with E-state index in [1.165, 1.54) is 0 Å². The van der Waals surface area contributed by atoms with Crippen LogP contribution in [0.25, 0.3) is 0 Å².